The molecule has 1 aliphatic carbocycles. The van der Waals surface area contributed by atoms with E-state index in [1.165, 1.54) is 0 Å². The molecule has 1 saturated carbocycles. The summed E-state index contributed by atoms with van der Waals surface area (Å²) in [6.07, 6.45) is 3.63. The standard InChI is InChI=1S/C13H15ClN2O/c14-10-5-6-11(9(7-10)8-15)16-12-3-1-2-4-13(12)17/h5-7,12-13,16-17H,1-4H2. The molecule has 2 N–H and O–H groups in total. The van der Waals surface area contributed by atoms with Gasteiger partial charge in [-0.3, -0.25) is 0 Å². The summed E-state index contributed by atoms with van der Waals surface area (Å²) >= 11 is 5.84. The van der Waals surface area contributed by atoms with E-state index >= 15 is 0 Å². The predicted octanol–water partition coefficient (Wildman–Crippen LogP) is 2.93. The van der Waals surface area contributed by atoms with Crippen molar-refractivity contribution in [3.63, 3.8) is 0 Å². The van der Waals surface area contributed by atoms with Crippen LogP contribution in [0.2, 0.25) is 5.02 Å². The molecule has 1 aromatic carbocycles. The zero-order valence-electron chi connectivity index (χ0n) is 9.49. The van der Waals surface area contributed by atoms with Crippen molar-refractivity contribution in [2.75, 3.05) is 5.32 Å². The van der Waals surface area contributed by atoms with Crippen LogP contribution in [0.3, 0.4) is 0 Å². The average molecular weight is 251 g/mol. The van der Waals surface area contributed by atoms with E-state index in [1.807, 2.05) is 0 Å². The predicted molar refractivity (Wildman–Crippen MR) is 68.1 cm³/mol. The van der Waals surface area contributed by atoms with Gasteiger partial charge in [0.1, 0.15) is 6.07 Å². The first-order valence-corrected chi connectivity index (χ1v) is 6.23. The lowest BCUT2D eigenvalue weighted by Crippen LogP contribution is -2.36. The Kier molecular flexibility index (Phi) is 3.88. The maximum atomic E-state index is 9.88. The van der Waals surface area contributed by atoms with Gasteiger partial charge in [0.25, 0.3) is 0 Å². The van der Waals surface area contributed by atoms with Gasteiger partial charge < -0.3 is 10.4 Å². The molecule has 1 fully saturated rings. The van der Waals surface area contributed by atoms with Gasteiger partial charge in [-0.2, -0.15) is 5.26 Å². The fraction of sp³-hybridized carbons (Fsp3) is 0.462. The van der Waals surface area contributed by atoms with Crippen molar-refractivity contribution < 1.29 is 5.11 Å². The Morgan fingerprint density at radius 2 is 2.12 bits per heavy atom. The van der Waals surface area contributed by atoms with Crippen molar-refractivity contribution in [3.05, 3.63) is 28.8 Å². The van der Waals surface area contributed by atoms with Gasteiger partial charge in [0, 0.05) is 5.02 Å². The molecular weight excluding hydrogens is 236 g/mol. The molecule has 0 aliphatic heterocycles. The summed E-state index contributed by atoms with van der Waals surface area (Å²) < 4.78 is 0. The van der Waals surface area contributed by atoms with Crippen molar-refractivity contribution in [3.8, 4) is 6.07 Å². The molecule has 0 radical (unpaired) electrons. The van der Waals surface area contributed by atoms with Gasteiger partial charge >= 0.3 is 0 Å². The van der Waals surface area contributed by atoms with Gasteiger partial charge in [0.15, 0.2) is 0 Å². The Balaban J connectivity index is 2.15. The summed E-state index contributed by atoms with van der Waals surface area (Å²) in [6.45, 7) is 0. The Bertz CT molecular complexity index is 442. The van der Waals surface area contributed by atoms with Crippen LogP contribution in [0.1, 0.15) is 31.2 Å². The molecule has 2 unspecified atom stereocenters. The van der Waals surface area contributed by atoms with Crippen LogP contribution in [0, 0.1) is 11.3 Å². The maximum absolute atomic E-state index is 9.88. The van der Waals surface area contributed by atoms with Crippen LogP contribution in [0.15, 0.2) is 18.2 Å². The van der Waals surface area contributed by atoms with Gasteiger partial charge in [-0.05, 0) is 31.0 Å². The van der Waals surface area contributed by atoms with Crippen molar-refractivity contribution >= 4 is 17.3 Å². The minimum Gasteiger partial charge on any atom is -0.391 e. The minimum absolute atomic E-state index is 0.0389. The Hall–Kier alpha value is -1.24. The first-order chi connectivity index (χ1) is 8.20. The fourth-order valence-corrected chi connectivity index (χ4v) is 2.39. The number of nitrogens with zero attached hydrogens (tertiary/aromatic N) is 1. The second-order valence-corrected chi connectivity index (χ2v) is 4.84. The molecule has 0 saturated heterocycles. The molecule has 3 nitrogen and oxygen atoms in total. The van der Waals surface area contributed by atoms with Crippen LogP contribution in [0.4, 0.5) is 5.69 Å². The molecule has 1 aromatic rings. The molecular formula is C13H15ClN2O. The highest BCUT2D eigenvalue weighted by Crippen LogP contribution is 2.25. The van der Waals surface area contributed by atoms with Crippen LogP contribution in [0.5, 0.6) is 0 Å². The first-order valence-electron chi connectivity index (χ1n) is 5.85. The molecule has 0 amide bonds. The molecule has 17 heavy (non-hydrogen) atoms. The van der Waals surface area contributed by atoms with E-state index in [-0.39, 0.29) is 12.1 Å². The second kappa shape index (κ2) is 5.39. The molecule has 2 atom stereocenters. The third kappa shape index (κ3) is 2.91. The lowest BCUT2D eigenvalue weighted by molar-refractivity contribution is 0.116. The number of hydrogen-bond acceptors (Lipinski definition) is 3. The number of benzene rings is 1. The Morgan fingerprint density at radius 1 is 1.35 bits per heavy atom. The highest BCUT2D eigenvalue weighted by molar-refractivity contribution is 6.30. The fourth-order valence-electron chi connectivity index (χ4n) is 2.21. The topological polar surface area (TPSA) is 56.0 Å². The summed E-state index contributed by atoms with van der Waals surface area (Å²) in [6, 6.07) is 7.33. The number of nitriles is 1. The van der Waals surface area contributed by atoms with E-state index in [9.17, 15) is 5.11 Å². The smallest absolute Gasteiger partial charge is 0.101 e. The summed E-state index contributed by atoms with van der Waals surface area (Å²) in [4.78, 5) is 0. The molecule has 0 heterocycles. The van der Waals surface area contributed by atoms with Gasteiger partial charge in [-0.15, -0.1) is 0 Å². The molecule has 90 valence electrons. The van der Waals surface area contributed by atoms with Crippen LogP contribution >= 0.6 is 11.6 Å². The van der Waals surface area contributed by atoms with Crippen LogP contribution in [0.25, 0.3) is 0 Å². The Morgan fingerprint density at radius 3 is 2.82 bits per heavy atom. The average Bonchev–Trinajstić information content (AvgIpc) is 2.34. The number of aliphatic hydroxyl groups is 1. The monoisotopic (exact) mass is 250 g/mol. The summed E-state index contributed by atoms with van der Waals surface area (Å²) in [5.74, 6) is 0. The largest absolute Gasteiger partial charge is 0.391 e. The molecule has 1 aliphatic rings. The van der Waals surface area contributed by atoms with Crippen molar-refractivity contribution in [2.24, 2.45) is 0 Å². The van der Waals surface area contributed by atoms with E-state index in [2.05, 4.69) is 11.4 Å². The number of rotatable bonds is 2. The molecule has 0 aromatic heterocycles. The van der Waals surface area contributed by atoms with Gasteiger partial charge in [0.2, 0.25) is 0 Å². The van der Waals surface area contributed by atoms with Gasteiger partial charge in [-0.1, -0.05) is 24.4 Å². The molecule has 0 spiro atoms. The van der Waals surface area contributed by atoms with Crippen molar-refractivity contribution in [1.82, 2.24) is 0 Å². The van der Waals surface area contributed by atoms with Crippen molar-refractivity contribution in [2.45, 2.75) is 37.8 Å². The van der Waals surface area contributed by atoms with Gasteiger partial charge in [0.05, 0.1) is 23.4 Å². The number of nitrogens with one attached hydrogen (secondary N) is 1. The van der Waals surface area contributed by atoms with E-state index in [4.69, 9.17) is 16.9 Å². The lowest BCUT2D eigenvalue weighted by Gasteiger charge is -2.29. The van der Waals surface area contributed by atoms with Crippen LogP contribution in [-0.4, -0.2) is 17.3 Å². The normalized spacial score (nSPS) is 24.1. The highest BCUT2D eigenvalue weighted by Gasteiger charge is 2.23. The van der Waals surface area contributed by atoms with E-state index in [0.29, 0.717) is 10.6 Å². The quantitative estimate of drug-likeness (QED) is 0.849. The summed E-state index contributed by atoms with van der Waals surface area (Å²) in [7, 11) is 0. The zero-order valence-corrected chi connectivity index (χ0v) is 10.2. The molecule has 4 heteroatoms. The van der Waals surface area contributed by atoms with Gasteiger partial charge in [-0.25, -0.2) is 0 Å². The summed E-state index contributed by atoms with van der Waals surface area (Å²) in [5, 5.41) is 22.7. The number of halogens is 1. The van der Waals surface area contributed by atoms with Crippen molar-refractivity contribution in [1.29, 1.82) is 5.26 Å². The second-order valence-electron chi connectivity index (χ2n) is 4.40. The van der Waals surface area contributed by atoms with Crippen LogP contribution < -0.4 is 5.32 Å². The Labute approximate surface area is 106 Å². The third-order valence-corrected chi connectivity index (χ3v) is 3.41. The SMILES string of the molecule is N#Cc1cc(Cl)ccc1NC1CCCCC1O. The van der Waals surface area contributed by atoms with E-state index < -0.39 is 0 Å². The molecule has 0 bridgehead atoms. The number of anilines is 1. The van der Waals surface area contributed by atoms with E-state index in [1.54, 1.807) is 18.2 Å². The minimum atomic E-state index is -0.328. The first kappa shape index (κ1) is 12.2. The number of hydrogen-bond donors (Lipinski definition) is 2. The number of aliphatic hydroxyl groups excluding tert-OH is 1. The third-order valence-electron chi connectivity index (χ3n) is 3.17. The van der Waals surface area contributed by atoms with Crippen LogP contribution in [-0.2, 0) is 0 Å². The maximum Gasteiger partial charge on any atom is 0.101 e. The lowest BCUT2D eigenvalue weighted by atomic mass is 9.92. The highest BCUT2D eigenvalue weighted by atomic mass is 35.5. The molecule has 2 rings (SSSR count). The van der Waals surface area contributed by atoms with E-state index in [0.717, 1.165) is 31.4 Å². The zero-order chi connectivity index (χ0) is 12.3. The summed E-state index contributed by atoms with van der Waals surface area (Å²) in [5.41, 5.74) is 1.28.